The van der Waals surface area contributed by atoms with Crippen molar-refractivity contribution in [3.63, 3.8) is 0 Å². The van der Waals surface area contributed by atoms with Crippen LogP contribution in [0.3, 0.4) is 0 Å². The van der Waals surface area contributed by atoms with Gasteiger partial charge in [-0.15, -0.1) is 0 Å². The highest BCUT2D eigenvalue weighted by Crippen LogP contribution is 1.93. The minimum absolute atomic E-state index is 0.274. The third kappa shape index (κ3) is 7.33. The third-order valence-electron chi connectivity index (χ3n) is 1.19. The lowest BCUT2D eigenvalue weighted by Gasteiger charge is -2.00. The molecule has 0 saturated carbocycles. The highest BCUT2D eigenvalue weighted by Gasteiger charge is 2.00. The minimum atomic E-state index is -0.274. The number of rotatable bonds is 6. The molecule has 0 aliphatic carbocycles. The maximum absolute atomic E-state index is 10.7. The van der Waals surface area contributed by atoms with Gasteiger partial charge in [0.05, 0.1) is 6.61 Å². The zero-order valence-corrected chi connectivity index (χ0v) is 7.26. The first-order valence-electron chi connectivity index (χ1n) is 4.13. The molecule has 11 heavy (non-hydrogen) atoms. The second kappa shape index (κ2) is 7.54. The van der Waals surface area contributed by atoms with Crippen molar-refractivity contribution in [1.29, 1.82) is 0 Å². The van der Waals surface area contributed by atoms with Gasteiger partial charge < -0.3 is 0 Å². The van der Waals surface area contributed by atoms with E-state index in [0.717, 1.165) is 19.3 Å². The fraction of sp³-hybridized carbons (Fsp3) is 0.875. The lowest BCUT2D eigenvalue weighted by atomic mass is 10.3. The van der Waals surface area contributed by atoms with Gasteiger partial charge in [0.25, 0.3) is 0 Å². The molecule has 0 spiro atoms. The SMILES string of the molecule is CCCCOOC(=O)CCC. The van der Waals surface area contributed by atoms with Crippen LogP contribution >= 0.6 is 0 Å². The van der Waals surface area contributed by atoms with E-state index in [-0.39, 0.29) is 5.97 Å². The summed E-state index contributed by atoms with van der Waals surface area (Å²) in [5.74, 6) is -0.274. The number of carbonyl (C=O) groups is 1. The molecule has 0 rings (SSSR count). The van der Waals surface area contributed by atoms with Gasteiger partial charge in [0.1, 0.15) is 0 Å². The molecule has 3 heteroatoms. The molecule has 0 N–H and O–H groups in total. The average molecular weight is 160 g/mol. The van der Waals surface area contributed by atoms with E-state index in [1.165, 1.54) is 0 Å². The van der Waals surface area contributed by atoms with Crippen molar-refractivity contribution >= 4 is 5.97 Å². The van der Waals surface area contributed by atoms with Crippen molar-refractivity contribution in [1.82, 2.24) is 0 Å². The third-order valence-corrected chi connectivity index (χ3v) is 1.19. The van der Waals surface area contributed by atoms with Crippen LogP contribution in [-0.2, 0) is 14.6 Å². The second-order valence-electron chi connectivity index (χ2n) is 2.38. The fourth-order valence-corrected chi connectivity index (χ4v) is 0.556. The van der Waals surface area contributed by atoms with Crippen LogP contribution in [-0.4, -0.2) is 12.6 Å². The first kappa shape index (κ1) is 10.4. The first-order chi connectivity index (χ1) is 5.31. The number of hydrogen-bond donors (Lipinski definition) is 0. The molecular formula is C8H16O3. The Labute approximate surface area is 67.6 Å². The second-order valence-corrected chi connectivity index (χ2v) is 2.38. The molecule has 0 heterocycles. The van der Waals surface area contributed by atoms with Crippen molar-refractivity contribution in [2.75, 3.05) is 6.61 Å². The molecule has 0 radical (unpaired) electrons. The first-order valence-corrected chi connectivity index (χ1v) is 4.13. The van der Waals surface area contributed by atoms with E-state index in [4.69, 9.17) is 0 Å². The Morgan fingerprint density at radius 1 is 1.27 bits per heavy atom. The summed E-state index contributed by atoms with van der Waals surface area (Å²) in [7, 11) is 0. The molecule has 0 amide bonds. The zero-order chi connectivity index (χ0) is 8.53. The van der Waals surface area contributed by atoms with Crippen LogP contribution in [0.25, 0.3) is 0 Å². The molecule has 0 aromatic heterocycles. The average Bonchev–Trinajstić information content (AvgIpc) is 1.99. The molecule has 0 saturated heterocycles. The highest BCUT2D eigenvalue weighted by molar-refractivity contribution is 5.68. The van der Waals surface area contributed by atoms with Gasteiger partial charge >= 0.3 is 5.97 Å². The summed E-state index contributed by atoms with van der Waals surface area (Å²) in [6, 6.07) is 0. The molecule has 0 atom stereocenters. The van der Waals surface area contributed by atoms with Crippen LogP contribution in [0.2, 0.25) is 0 Å². The summed E-state index contributed by atoms with van der Waals surface area (Å²) in [5, 5.41) is 0. The van der Waals surface area contributed by atoms with Gasteiger partial charge in [-0.3, -0.25) is 4.89 Å². The zero-order valence-electron chi connectivity index (χ0n) is 7.26. The quantitative estimate of drug-likeness (QED) is 0.339. The van der Waals surface area contributed by atoms with E-state index in [9.17, 15) is 4.79 Å². The molecule has 66 valence electrons. The molecule has 0 aromatic carbocycles. The minimum Gasteiger partial charge on any atom is -0.298 e. The van der Waals surface area contributed by atoms with Crippen molar-refractivity contribution in [2.45, 2.75) is 39.5 Å². The molecule has 0 unspecified atom stereocenters. The van der Waals surface area contributed by atoms with E-state index in [2.05, 4.69) is 16.7 Å². The van der Waals surface area contributed by atoms with Crippen LogP contribution in [0.5, 0.6) is 0 Å². The molecule has 0 bridgehead atoms. The van der Waals surface area contributed by atoms with Crippen molar-refractivity contribution in [3.05, 3.63) is 0 Å². The van der Waals surface area contributed by atoms with Crippen molar-refractivity contribution < 1.29 is 14.6 Å². The molecule has 0 aliphatic rings. The Balaban J connectivity index is 3.04. The van der Waals surface area contributed by atoms with Gasteiger partial charge in [0.2, 0.25) is 0 Å². The smallest absolute Gasteiger partial charge is 0.298 e. The predicted octanol–water partition coefficient (Wildman–Crippen LogP) is 2.06. The van der Waals surface area contributed by atoms with E-state index < -0.39 is 0 Å². The molecule has 0 fully saturated rings. The van der Waals surface area contributed by atoms with Gasteiger partial charge in [-0.05, 0) is 12.8 Å². The van der Waals surface area contributed by atoms with E-state index in [1.54, 1.807) is 0 Å². The van der Waals surface area contributed by atoms with Crippen LogP contribution < -0.4 is 0 Å². The number of hydrogen-bond acceptors (Lipinski definition) is 3. The van der Waals surface area contributed by atoms with Crippen molar-refractivity contribution in [3.8, 4) is 0 Å². The van der Waals surface area contributed by atoms with Crippen LogP contribution in [0, 0.1) is 0 Å². The summed E-state index contributed by atoms with van der Waals surface area (Å²) in [5.41, 5.74) is 0. The summed E-state index contributed by atoms with van der Waals surface area (Å²) in [4.78, 5) is 19.7. The van der Waals surface area contributed by atoms with Crippen molar-refractivity contribution in [2.24, 2.45) is 0 Å². The molecule has 0 aromatic rings. The number of unbranched alkanes of at least 4 members (excludes halogenated alkanes) is 1. The Morgan fingerprint density at radius 2 is 2.00 bits per heavy atom. The lowest BCUT2D eigenvalue weighted by Crippen LogP contribution is -2.05. The maximum Gasteiger partial charge on any atom is 0.342 e. The summed E-state index contributed by atoms with van der Waals surface area (Å²) in [6.07, 6.45) is 3.22. The van der Waals surface area contributed by atoms with Gasteiger partial charge in [-0.25, -0.2) is 4.79 Å². The number of carbonyl (C=O) groups excluding carboxylic acids is 1. The van der Waals surface area contributed by atoms with Crippen LogP contribution in [0.1, 0.15) is 39.5 Å². The molecule has 3 nitrogen and oxygen atoms in total. The van der Waals surface area contributed by atoms with E-state index >= 15 is 0 Å². The summed E-state index contributed by atoms with van der Waals surface area (Å²) < 4.78 is 0. The monoisotopic (exact) mass is 160 g/mol. The van der Waals surface area contributed by atoms with E-state index in [1.807, 2.05) is 6.92 Å². The fourth-order valence-electron chi connectivity index (χ4n) is 0.556. The molecular weight excluding hydrogens is 144 g/mol. The van der Waals surface area contributed by atoms with Gasteiger partial charge in [0, 0.05) is 6.42 Å². The van der Waals surface area contributed by atoms with Gasteiger partial charge in [-0.1, -0.05) is 20.3 Å². The Kier molecular flexibility index (Phi) is 7.15. The Morgan fingerprint density at radius 3 is 2.55 bits per heavy atom. The summed E-state index contributed by atoms with van der Waals surface area (Å²) in [6.45, 7) is 4.48. The van der Waals surface area contributed by atoms with E-state index in [0.29, 0.717) is 13.0 Å². The van der Waals surface area contributed by atoms with Gasteiger partial charge in [-0.2, -0.15) is 4.89 Å². The van der Waals surface area contributed by atoms with Crippen LogP contribution in [0.4, 0.5) is 0 Å². The lowest BCUT2D eigenvalue weighted by molar-refractivity contribution is -0.272. The Hall–Kier alpha value is -0.570. The largest absolute Gasteiger partial charge is 0.342 e. The topological polar surface area (TPSA) is 35.5 Å². The maximum atomic E-state index is 10.7. The normalized spacial score (nSPS) is 9.64. The summed E-state index contributed by atoms with van der Waals surface area (Å²) >= 11 is 0. The Bertz CT molecular complexity index is 102. The van der Waals surface area contributed by atoms with Crippen LogP contribution in [0.15, 0.2) is 0 Å². The molecule has 0 aliphatic heterocycles. The predicted molar refractivity (Wildman–Crippen MR) is 41.9 cm³/mol. The van der Waals surface area contributed by atoms with Gasteiger partial charge in [0.15, 0.2) is 0 Å². The highest BCUT2D eigenvalue weighted by atomic mass is 17.2. The standard InChI is InChI=1S/C8H16O3/c1-3-5-7-10-11-8(9)6-4-2/h3-7H2,1-2H3.